The molecule has 1 aromatic carbocycles. The smallest absolute Gasteiger partial charge is 0.322 e. The van der Waals surface area contributed by atoms with Gasteiger partial charge in [-0.15, -0.1) is 0 Å². The Kier molecular flexibility index (Phi) is 6.82. The van der Waals surface area contributed by atoms with Crippen molar-refractivity contribution < 1.29 is 14.3 Å². The van der Waals surface area contributed by atoms with Crippen LogP contribution in [-0.4, -0.2) is 48.1 Å². The summed E-state index contributed by atoms with van der Waals surface area (Å²) in [4.78, 5) is 14.4. The first-order valence-electron chi connectivity index (χ1n) is 8.32. The van der Waals surface area contributed by atoms with E-state index in [1.165, 1.54) is 0 Å². The zero-order valence-corrected chi connectivity index (χ0v) is 15.2. The number of anilines is 1. The zero-order valence-electron chi connectivity index (χ0n) is 15.2. The van der Waals surface area contributed by atoms with Crippen molar-refractivity contribution in [3.63, 3.8) is 0 Å². The molecule has 0 aliphatic rings. The average Bonchev–Trinajstić information content (AvgIpc) is 3.07. The molecule has 0 saturated heterocycles. The van der Waals surface area contributed by atoms with Gasteiger partial charge in [0.2, 0.25) is 0 Å². The lowest BCUT2D eigenvalue weighted by atomic mass is 10.1. The summed E-state index contributed by atoms with van der Waals surface area (Å²) in [5.74, 6) is 0.778. The number of aromatic nitrogens is 2. The molecule has 1 heterocycles. The number of ether oxygens (including phenoxy) is 2. The molecule has 136 valence electrons. The number of methoxy groups -OCH3 is 2. The number of nitrogens with zero attached hydrogens (tertiary/aromatic N) is 3. The average molecular weight is 346 g/mol. The number of amides is 2. The van der Waals surface area contributed by atoms with Gasteiger partial charge in [0.1, 0.15) is 5.75 Å². The number of rotatable bonds is 8. The quantitative estimate of drug-likeness (QED) is 0.797. The van der Waals surface area contributed by atoms with E-state index in [9.17, 15) is 4.79 Å². The third-order valence-electron chi connectivity index (χ3n) is 4.05. The van der Waals surface area contributed by atoms with Gasteiger partial charge in [0.05, 0.1) is 38.2 Å². The molecule has 0 aliphatic carbocycles. The molecule has 1 atom stereocenters. The third-order valence-corrected chi connectivity index (χ3v) is 4.05. The van der Waals surface area contributed by atoms with Gasteiger partial charge in [-0.3, -0.25) is 4.68 Å². The predicted molar refractivity (Wildman–Crippen MR) is 96.9 cm³/mol. The number of nitrogens with one attached hydrogen (secondary N) is 1. The summed E-state index contributed by atoms with van der Waals surface area (Å²) in [6, 6.07) is 7.51. The number of hydrogen-bond acceptors (Lipinski definition) is 4. The molecule has 0 radical (unpaired) electrons. The van der Waals surface area contributed by atoms with E-state index >= 15 is 0 Å². The maximum absolute atomic E-state index is 12.7. The largest absolute Gasteiger partial charge is 0.497 e. The van der Waals surface area contributed by atoms with E-state index < -0.39 is 0 Å². The van der Waals surface area contributed by atoms with Gasteiger partial charge < -0.3 is 19.7 Å². The summed E-state index contributed by atoms with van der Waals surface area (Å²) in [5.41, 5.74) is 1.68. The van der Waals surface area contributed by atoms with Crippen LogP contribution in [0, 0.1) is 0 Å². The van der Waals surface area contributed by atoms with E-state index in [0.717, 1.165) is 11.3 Å². The van der Waals surface area contributed by atoms with Gasteiger partial charge in [-0.2, -0.15) is 5.10 Å². The third kappa shape index (κ3) is 4.96. The van der Waals surface area contributed by atoms with Crippen molar-refractivity contribution in [1.82, 2.24) is 14.7 Å². The molecule has 0 aliphatic heterocycles. The van der Waals surface area contributed by atoms with Gasteiger partial charge >= 0.3 is 6.03 Å². The molecular formula is C18H26N4O3. The summed E-state index contributed by atoms with van der Waals surface area (Å²) in [6.45, 7) is 5.76. The first-order valence-corrected chi connectivity index (χ1v) is 8.32. The van der Waals surface area contributed by atoms with Crippen LogP contribution in [0.25, 0.3) is 0 Å². The zero-order chi connectivity index (χ0) is 18.2. The van der Waals surface area contributed by atoms with E-state index in [4.69, 9.17) is 9.47 Å². The molecule has 1 N–H and O–H groups in total. The number of carbonyl (C=O) groups excluding carboxylic acids is 1. The number of carbonyl (C=O) groups is 1. The highest BCUT2D eigenvalue weighted by Crippen LogP contribution is 2.24. The van der Waals surface area contributed by atoms with E-state index in [1.807, 2.05) is 38.1 Å². The molecule has 7 nitrogen and oxygen atoms in total. The first kappa shape index (κ1) is 18.8. The van der Waals surface area contributed by atoms with Crippen LogP contribution in [0.2, 0.25) is 0 Å². The SMILES string of the molecule is CCN(C(=O)Nc1cnn(CCOC)c1)C(C)c1cccc(OC)c1. The Morgan fingerprint density at radius 1 is 1.40 bits per heavy atom. The van der Waals surface area contributed by atoms with Crippen LogP contribution in [0.15, 0.2) is 36.7 Å². The van der Waals surface area contributed by atoms with Crippen molar-refractivity contribution >= 4 is 11.7 Å². The van der Waals surface area contributed by atoms with Crippen molar-refractivity contribution in [2.75, 3.05) is 32.7 Å². The van der Waals surface area contributed by atoms with E-state index in [2.05, 4.69) is 10.4 Å². The van der Waals surface area contributed by atoms with Crippen LogP contribution in [0.3, 0.4) is 0 Å². The summed E-state index contributed by atoms with van der Waals surface area (Å²) >= 11 is 0. The van der Waals surface area contributed by atoms with Gasteiger partial charge in [-0.1, -0.05) is 12.1 Å². The van der Waals surface area contributed by atoms with Crippen LogP contribution in [0.4, 0.5) is 10.5 Å². The second-order valence-corrected chi connectivity index (χ2v) is 5.65. The van der Waals surface area contributed by atoms with Crippen LogP contribution < -0.4 is 10.1 Å². The minimum atomic E-state index is -0.163. The Labute approximate surface area is 148 Å². The van der Waals surface area contributed by atoms with Crippen LogP contribution in [0.1, 0.15) is 25.5 Å². The molecule has 7 heteroatoms. The molecule has 25 heavy (non-hydrogen) atoms. The second-order valence-electron chi connectivity index (χ2n) is 5.65. The van der Waals surface area contributed by atoms with Crippen molar-refractivity contribution in [2.45, 2.75) is 26.4 Å². The Balaban J connectivity index is 2.05. The van der Waals surface area contributed by atoms with Gasteiger partial charge in [0.25, 0.3) is 0 Å². The Bertz CT molecular complexity index is 686. The van der Waals surface area contributed by atoms with E-state index in [1.54, 1.807) is 36.2 Å². The fourth-order valence-electron chi connectivity index (χ4n) is 2.61. The minimum absolute atomic E-state index is 0.0800. The molecule has 0 spiro atoms. The first-order chi connectivity index (χ1) is 12.1. The van der Waals surface area contributed by atoms with Gasteiger partial charge in [-0.25, -0.2) is 4.79 Å². The van der Waals surface area contributed by atoms with Crippen molar-refractivity contribution in [3.05, 3.63) is 42.2 Å². The van der Waals surface area contributed by atoms with Gasteiger partial charge in [0.15, 0.2) is 0 Å². The second kappa shape index (κ2) is 9.08. The number of benzene rings is 1. The highest BCUT2D eigenvalue weighted by atomic mass is 16.5. The highest BCUT2D eigenvalue weighted by Gasteiger charge is 2.20. The lowest BCUT2D eigenvalue weighted by Crippen LogP contribution is -2.36. The van der Waals surface area contributed by atoms with E-state index in [-0.39, 0.29) is 12.1 Å². The molecular weight excluding hydrogens is 320 g/mol. The summed E-state index contributed by atoms with van der Waals surface area (Å²) in [5, 5.41) is 7.11. The molecule has 2 amide bonds. The molecule has 1 aromatic heterocycles. The molecule has 0 bridgehead atoms. The standard InChI is InChI=1S/C18H26N4O3/c1-5-22(14(2)15-7-6-8-17(11-15)25-4)18(23)20-16-12-19-21(13-16)9-10-24-3/h6-8,11-14H,5,9-10H2,1-4H3,(H,20,23). The minimum Gasteiger partial charge on any atom is -0.497 e. The van der Waals surface area contributed by atoms with Crippen LogP contribution >= 0.6 is 0 Å². The van der Waals surface area contributed by atoms with Crippen LogP contribution in [0.5, 0.6) is 5.75 Å². The summed E-state index contributed by atoms with van der Waals surface area (Å²) in [6.07, 6.45) is 3.43. The van der Waals surface area contributed by atoms with Crippen LogP contribution in [-0.2, 0) is 11.3 Å². The number of urea groups is 1. The van der Waals surface area contributed by atoms with Crippen molar-refractivity contribution in [3.8, 4) is 5.75 Å². The fourth-order valence-corrected chi connectivity index (χ4v) is 2.61. The molecule has 2 aromatic rings. The van der Waals surface area contributed by atoms with E-state index in [0.29, 0.717) is 25.4 Å². The highest BCUT2D eigenvalue weighted by molar-refractivity contribution is 5.89. The Morgan fingerprint density at radius 2 is 2.20 bits per heavy atom. The maximum atomic E-state index is 12.7. The molecule has 1 unspecified atom stereocenters. The summed E-state index contributed by atoms with van der Waals surface area (Å²) in [7, 11) is 3.28. The topological polar surface area (TPSA) is 68.6 Å². The lowest BCUT2D eigenvalue weighted by Gasteiger charge is -2.28. The van der Waals surface area contributed by atoms with Gasteiger partial charge in [-0.05, 0) is 31.5 Å². The Morgan fingerprint density at radius 3 is 2.88 bits per heavy atom. The lowest BCUT2D eigenvalue weighted by molar-refractivity contribution is 0.183. The molecule has 2 rings (SSSR count). The van der Waals surface area contributed by atoms with Crippen molar-refractivity contribution in [2.24, 2.45) is 0 Å². The number of hydrogen-bond donors (Lipinski definition) is 1. The predicted octanol–water partition coefficient (Wildman–Crippen LogP) is 3.15. The van der Waals surface area contributed by atoms with Crippen molar-refractivity contribution in [1.29, 1.82) is 0 Å². The normalized spacial score (nSPS) is 11.8. The Hall–Kier alpha value is -2.54. The monoisotopic (exact) mass is 346 g/mol. The maximum Gasteiger partial charge on any atom is 0.322 e. The summed E-state index contributed by atoms with van der Waals surface area (Å²) < 4.78 is 12.0. The van der Waals surface area contributed by atoms with Gasteiger partial charge in [0, 0.05) is 19.9 Å². The fraction of sp³-hybridized carbons (Fsp3) is 0.444. The molecule has 0 fully saturated rings. The molecule has 0 saturated carbocycles.